The highest BCUT2D eigenvalue weighted by Gasteiger charge is 2.24. The summed E-state index contributed by atoms with van der Waals surface area (Å²) < 4.78 is 4.73. The molecule has 2 N–H and O–H groups in total. The maximum absolute atomic E-state index is 11.1. The van der Waals surface area contributed by atoms with Crippen molar-refractivity contribution in [1.29, 1.82) is 0 Å². The Morgan fingerprint density at radius 3 is 2.40 bits per heavy atom. The lowest BCUT2D eigenvalue weighted by atomic mass is 10.1. The zero-order valence-electron chi connectivity index (χ0n) is 9.61. The maximum Gasteiger partial charge on any atom is 0.337 e. The van der Waals surface area contributed by atoms with Crippen molar-refractivity contribution in [2.45, 2.75) is 58.2 Å². The van der Waals surface area contributed by atoms with Crippen LogP contribution in [0.3, 0.4) is 0 Å². The number of carbonyl (C=O) groups is 1. The number of aliphatic hydroxyl groups excluding tert-OH is 2. The van der Waals surface area contributed by atoms with E-state index >= 15 is 0 Å². The molecule has 2 atom stereocenters. The Labute approximate surface area is 91.3 Å². The summed E-state index contributed by atoms with van der Waals surface area (Å²) in [6, 6.07) is 0. The van der Waals surface area contributed by atoms with Crippen LogP contribution < -0.4 is 0 Å². The Hall–Kier alpha value is -0.610. The van der Waals surface area contributed by atoms with Crippen molar-refractivity contribution >= 4 is 5.97 Å². The van der Waals surface area contributed by atoms with E-state index in [1.54, 1.807) is 0 Å². The van der Waals surface area contributed by atoms with Crippen LogP contribution in [0.4, 0.5) is 0 Å². The number of aliphatic hydroxyl groups is 2. The fraction of sp³-hybridized carbons (Fsp3) is 0.909. The van der Waals surface area contributed by atoms with Crippen molar-refractivity contribution in [2.24, 2.45) is 0 Å². The standard InChI is InChI=1S/C11H22O4/c1-3-5-6-7-9(12)10(13)11(14)15-8-4-2/h9-10,12-13H,3-8H2,1-2H3. The van der Waals surface area contributed by atoms with Gasteiger partial charge in [0.2, 0.25) is 0 Å². The van der Waals surface area contributed by atoms with Gasteiger partial charge in [-0.25, -0.2) is 4.79 Å². The van der Waals surface area contributed by atoms with Crippen LogP contribution in [0.2, 0.25) is 0 Å². The number of esters is 1. The summed E-state index contributed by atoms with van der Waals surface area (Å²) in [4.78, 5) is 11.1. The van der Waals surface area contributed by atoms with Crippen molar-refractivity contribution in [1.82, 2.24) is 0 Å². The molecule has 0 bridgehead atoms. The Morgan fingerprint density at radius 2 is 1.87 bits per heavy atom. The number of rotatable bonds is 8. The van der Waals surface area contributed by atoms with Gasteiger partial charge in [-0.3, -0.25) is 0 Å². The minimum Gasteiger partial charge on any atom is -0.464 e. The quantitative estimate of drug-likeness (QED) is 0.475. The monoisotopic (exact) mass is 218 g/mol. The Balaban J connectivity index is 3.75. The molecule has 2 unspecified atom stereocenters. The molecule has 0 spiro atoms. The van der Waals surface area contributed by atoms with Crippen LogP contribution in [-0.2, 0) is 9.53 Å². The van der Waals surface area contributed by atoms with Gasteiger partial charge < -0.3 is 14.9 Å². The SMILES string of the molecule is CCCCCC(O)C(O)C(=O)OCCC. The third kappa shape index (κ3) is 6.47. The molecule has 4 heteroatoms. The van der Waals surface area contributed by atoms with Crippen LogP contribution in [-0.4, -0.2) is 35.0 Å². The molecule has 0 aromatic rings. The highest BCUT2D eigenvalue weighted by Crippen LogP contribution is 2.08. The summed E-state index contributed by atoms with van der Waals surface area (Å²) in [6.07, 6.45) is 1.61. The lowest BCUT2D eigenvalue weighted by molar-refractivity contribution is -0.159. The summed E-state index contributed by atoms with van der Waals surface area (Å²) >= 11 is 0. The van der Waals surface area contributed by atoms with Gasteiger partial charge in [-0.05, 0) is 12.8 Å². The molecular formula is C11H22O4. The lowest BCUT2D eigenvalue weighted by Gasteiger charge is -2.16. The minimum atomic E-state index is -1.39. The van der Waals surface area contributed by atoms with Crippen LogP contribution >= 0.6 is 0 Å². The molecule has 0 aliphatic carbocycles. The first-order valence-electron chi connectivity index (χ1n) is 5.66. The van der Waals surface area contributed by atoms with Crippen molar-refractivity contribution in [3.05, 3.63) is 0 Å². The van der Waals surface area contributed by atoms with Crippen molar-refractivity contribution in [3.8, 4) is 0 Å². The summed E-state index contributed by atoms with van der Waals surface area (Å²) in [5.74, 6) is -0.721. The molecule has 0 saturated heterocycles. The van der Waals surface area contributed by atoms with Crippen LogP contribution in [0.1, 0.15) is 46.0 Å². The van der Waals surface area contributed by atoms with Crippen LogP contribution in [0, 0.1) is 0 Å². The van der Waals surface area contributed by atoms with Gasteiger partial charge in [0.1, 0.15) is 0 Å². The van der Waals surface area contributed by atoms with E-state index < -0.39 is 18.2 Å². The molecule has 0 radical (unpaired) electrons. The fourth-order valence-corrected chi connectivity index (χ4v) is 1.21. The van der Waals surface area contributed by atoms with E-state index in [-0.39, 0.29) is 6.61 Å². The average Bonchev–Trinajstić information content (AvgIpc) is 2.24. The molecular weight excluding hydrogens is 196 g/mol. The zero-order valence-corrected chi connectivity index (χ0v) is 9.61. The Bertz CT molecular complexity index is 170. The van der Waals surface area contributed by atoms with Gasteiger partial charge in [0.15, 0.2) is 6.10 Å². The van der Waals surface area contributed by atoms with Gasteiger partial charge in [-0.2, -0.15) is 0 Å². The molecule has 15 heavy (non-hydrogen) atoms. The first kappa shape index (κ1) is 14.4. The first-order valence-corrected chi connectivity index (χ1v) is 5.66. The zero-order chi connectivity index (χ0) is 11.7. The molecule has 0 fully saturated rings. The van der Waals surface area contributed by atoms with E-state index in [0.717, 1.165) is 19.3 Å². The highest BCUT2D eigenvalue weighted by molar-refractivity contribution is 5.75. The second-order valence-electron chi connectivity index (χ2n) is 3.68. The van der Waals surface area contributed by atoms with E-state index in [9.17, 15) is 15.0 Å². The van der Waals surface area contributed by atoms with E-state index in [1.807, 2.05) is 6.92 Å². The average molecular weight is 218 g/mol. The molecule has 0 amide bonds. The Kier molecular flexibility index (Phi) is 8.33. The third-order valence-electron chi connectivity index (χ3n) is 2.16. The number of hydrogen-bond donors (Lipinski definition) is 2. The summed E-state index contributed by atoms with van der Waals surface area (Å²) in [5.41, 5.74) is 0. The van der Waals surface area contributed by atoms with Gasteiger partial charge in [0, 0.05) is 0 Å². The molecule has 90 valence electrons. The van der Waals surface area contributed by atoms with E-state index in [0.29, 0.717) is 12.8 Å². The predicted molar refractivity (Wildman–Crippen MR) is 57.4 cm³/mol. The molecule has 0 heterocycles. The van der Waals surface area contributed by atoms with Gasteiger partial charge >= 0.3 is 5.97 Å². The smallest absolute Gasteiger partial charge is 0.337 e. The molecule has 0 aromatic carbocycles. The molecule has 0 saturated carbocycles. The molecule has 0 aliphatic heterocycles. The topological polar surface area (TPSA) is 66.8 Å². The van der Waals surface area contributed by atoms with Crippen molar-refractivity contribution < 1.29 is 19.7 Å². The van der Waals surface area contributed by atoms with Crippen LogP contribution in [0.5, 0.6) is 0 Å². The number of carbonyl (C=O) groups excluding carboxylic acids is 1. The molecule has 0 aromatic heterocycles. The number of ether oxygens (including phenoxy) is 1. The second kappa shape index (κ2) is 8.68. The molecule has 4 nitrogen and oxygen atoms in total. The summed E-state index contributed by atoms with van der Waals surface area (Å²) in [6.45, 7) is 4.22. The molecule has 0 aliphatic rings. The van der Waals surface area contributed by atoms with Crippen molar-refractivity contribution in [3.63, 3.8) is 0 Å². The third-order valence-corrected chi connectivity index (χ3v) is 2.16. The van der Waals surface area contributed by atoms with Gasteiger partial charge in [-0.1, -0.05) is 33.1 Å². The summed E-state index contributed by atoms with van der Waals surface area (Å²) in [5, 5.41) is 18.9. The predicted octanol–water partition coefficient (Wildman–Crippen LogP) is 1.24. The van der Waals surface area contributed by atoms with Gasteiger partial charge in [0.05, 0.1) is 12.7 Å². The molecule has 0 rings (SSSR count). The van der Waals surface area contributed by atoms with E-state index in [2.05, 4.69) is 6.92 Å². The highest BCUT2D eigenvalue weighted by atomic mass is 16.5. The lowest BCUT2D eigenvalue weighted by Crippen LogP contribution is -2.35. The van der Waals surface area contributed by atoms with E-state index in [4.69, 9.17) is 4.74 Å². The van der Waals surface area contributed by atoms with Gasteiger partial charge in [-0.15, -0.1) is 0 Å². The van der Waals surface area contributed by atoms with Crippen LogP contribution in [0.25, 0.3) is 0 Å². The summed E-state index contributed by atoms with van der Waals surface area (Å²) in [7, 11) is 0. The normalized spacial score (nSPS) is 14.7. The maximum atomic E-state index is 11.1. The number of unbranched alkanes of at least 4 members (excludes halogenated alkanes) is 2. The fourth-order valence-electron chi connectivity index (χ4n) is 1.21. The number of hydrogen-bond acceptors (Lipinski definition) is 4. The van der Waals surface area contributed by atoms with Crippen LogP contribution in [0.15, 0.2) is 0 Å². The first-order chi connectivity index (χ1) is 7.13. The second-order valence-corrected chi connectivity index (χ2v) is 3.68. The van der Waals surface area contributed by atoms with E-state index in [1.165, 1.54) is 0 Å². The minimum absolute atomic E-state index is 0.289. The Morgan fingerprint density at radius 1 is 1.20 bits per heavy atom. The largest absolute Gasteiger partial charge is 0.464 e. The van der Waals surface area contributed by atoms with Crippen molar-refractivity contribution in [2.75, 3.05) is 6.61 Å². The van der Waals surface area contributed by atoms with Gasteiger partial charge in [0.25, 0.3) is 0 Å².